The Labute approximate surface area is 122 Å². The number of esters is 2. The van der Waals surface area contributed by atoms with Crippen molar-refractivity contribution in [1.29, 1.82) is 0 Å². The molecule has 0 heterocycles. The lowest BCUT2D eigenvalue weighted by atomic mass is 9.82. The van der Waals surface area contributed by atoms with Gasteiger partial charge in [-0.3, -0.25) is 9.59 Å². The Balaban J connectivity index is 2.81. The molecule has 1 fully saturated rings. The van der Waals surface area contributed by atoms with Gasteiger partial charge in [-0.1, -0.05) is 32.6 Å². The number of ether oxygens (including phenoxy) is 2. The first-order chi connectivity index (χ1) is 9.32. The highest BCUT2D eigenvalue weighted by Crippen LogP contribution is 2.36. The highest BCUT2D eigenvalue weighted by Gasteiger charge is 2.40. The molecule has 1 aliphatic carbocycles. The molecule has 1 saturated carbocycles. The Bertz CT molecular complexity index is 307. The molecule has 1 atom stereocenters. The Morgan fingerprint density at radius 2 is 1.25 bits per heavy atom. The monoisotopic (exact) mass is 284 g/mol. The maximum atomic E-state index is 12.3. The van der Waals surface area contributed by atoms with Crippen LogP contribution in [0.1, 0.15) is 60.3 Å². The number of carbonyl (C=O) groups is 2. The van der Waals surface area contributed by atoms with Crippen LogP contribution in [0.15, 0.2) is 0 Å². The summed E-state index contributed by atoms with van der Waals surface area (Å²) in [6, 6.07) is 0. The predicted octanol–water partition coefficient (Wildman–Crippen LogP) is 3.33. The predicted molar refractivity (Wildman–Crippen MR) is 77.1 cm³/mol. The third-order valence-electron chi connectivity index (χ3n) is 3.88. The lowest BCUT2D eigenvalue weighted by Crippen LogP contribution is -2.38. The standard InChI is InChI=1S/C16H28O4/c1-10(2)19-15(17)14(16(18)20-11(3)4)12(5)13-8-6-7-9-13/h10-14H,6-9H2,1-5H3. The molecule has 0 aromatic rings. The molecule has 0 aromatic heterocycles. The van der Waals surface area contributed by atoms with E-state index in [0.29, 0.717) is 5.92 Å². The van der Waals surface area contributed by atoms with Crippen molar-refractivity contribution in [2.24, 2.45) is 17.8 Å². The van der Waals surface area contributed by atoms with Crippen LogP contribution < -0.4 is 0 Å². The molecular formula is C16H28O4. The van der Waals surface area contributed by atoms with E-state index in [9.17, 15) is 9.59 Å². The summed E-state index contributed by atoms with van der Waals surface area (Å²) in [6.45, 7) is 9.15. The van der Waals surface area contributed by atoms with E-state index >= 15 is 0 Å². The SMILES string of the molecule is CC(C)OC(=O)C(C(=O)OC(C)C)C(C)C1CCCC1. The van der Waals surface area contributed by atoms with E-state index in [1.807, 2.05) is 6.92 Å². The smallest absolute Gasteiger partial charge is 0.320 e. The van der Waals surface area contributed by atoms with Crippen LogP contribution in [0.5, 0.6) is 0 Å². The van der Waals surface area contributed by atoms with Gasteiger partial charge in [-0.2, -0.15) is 0 Å². The Hall–Kier alpha value is -1.06. The summed E-state index contributed by atoms with van der Waals surface area (Å²) in [5, 5.41) is 0. The van der Waals surface area contributed by atoms with E-state index in [0.717, 1.165) is 12.8 Å². The highest BCUT2D eigenvalue weighted by atomic mass is 16.6. The van der Waals surface area contributed by atoms with Gasteiger partial charge >= 0.3 is 11.9 Å². The molecule has 0 saturated heterocycles. The van der Waals surface area contributed by atoms with Gasteiger partial charge in [0.05, 0.1) is 12.2 Å². The molecule has 0 radical (unpaired) electrons. The molecule has 0 spiro atoms. The van der Waals surface area contributed by atoms with Crippen LogP contribution in [0.3, 0.4) is 0 Å². The molecule has 4 nitrogen and oxygen atoms in total. The molecule has 0 aromatic carbocycles. The molecule has 4 heteroatoms. The Morgan fingerprint density at radius 3 is 1.60 bits per heavy atom. The molecule has 0 amide bonds. The minimum absolute atomic E-state index is 0.0185. The normalized spacial score (nSPS) is 17.8. The number of hydrogen-bond acceptors (Lipinski definition) is 4. The molecule has 0 bridgehead atoms. The van der Waals surface area contributed by atoms with Gasteiger partial charge in [0.25, 0.3) is 0 Å². The lowest BCUT2D eigenvalue weighted by Gasteiger charge is -2.27. The summed E-state index contributed by atoms with van der Waals surface area (Å²) in [6.07, 6.45) is 4.10. The van der Waals surface area contributed by atoms with Crippen molar-refractivity contribution in [3.63, 3.8) is 0 Å². The second-order valence-electron chi connectivity index (χ2n) is 6.35. The molecule has 116 valence electrons. The Morgan fingerprint density at radius 1 is 0.850 bits per heavy atom. The van der Waals surface area contributed by atoms with E-state index in [1.165, 1.54) is 12.8 Å². The second kappa shape index (κ2) is 7.65. The zero-order valence-electron chi connectivity index (χ0n) is 13.3. The first kappa shape index (κ1) is 17.0. The van der Waals surface area contributed by atoms with E-state index in [-0.39, 0.29) is 18.1 Å². The average Bonchev–Trinajstić information content (AvgIpc) is 2.79. The number of hydrogen-bond donors (Lipinski definition) is 0. The zero-order chi connectivity index (χ0) is 15.3. The minimum Gasteiger partial charge on any atom is -0.462 e. The minimum atomic E-state index is -0.789. The highest BCUT2D eigenvalue weighted by molar-refractivity contribution is 5.95. The summed E-state index contributed by atoms with van der Waals surface area (Å²) < 4.78 is 10.5. The van der Waals surface area contributed by atoms with Crippen molar-refractivity contribution >= 4 is 11.9 Å². The number of carbonyl (C=O) groups excluding carboxylic acids is 2. The summed E-state index contributed by atoms with van der Waals surface area (Å²) >= 11 is 0. The fourth-order valence-electron chi connectivity index (χ4n) is 2.89. The second-order valence-corrected chi connectivity index (χ2v) is 6.35. The van der Waals surface area contributed by atoms with Gasteiger partial charge < -0.3 is 9.47 Å². The fraction of sp³-hybridized carbons (Fsp3) is 0.875. The maximum absolute atomic E-state index is 12.3. The summed E-state index contributed by atoms with van der Waals surface area (Å²) in [7, 11) is 0. The molecule has 1 unspecified atom stereocenters. The molecule has 20 heavy (non-hydrogen) atoms. The van der Waals surface area contributed by atoms with E-state index in [2.05, 4.69) is 0 Å². The van der Waals surface area contributed by atoms with Gasteiger partial charge in [0.2, 0.25) is 0 Å². The quantitative estimate of drug-likeness (QED) is 0.554. The largest absolute Gasteiger partial charge is 0.462 e. The van der Waals surface area contributed by atoms with Crippen LogP contribution in [0.2, 0.25) is 0 Å². The zero-order valence-corrected chi connectivity index (χ0v) is 13.3. The van der Waals surface area contributed by atoms with Crippen molar-refractivity contribution in [3.8, 4) is 0 Å². The Kier molecular flexibility index (Phi) is 6.50. The van der Waals surface area contributed by atoms with Crippen LogP contribution in [-0.4, -0.2) is 24.1 Å². The average molecular weight is 284 g/mol. The van der Waals surface area contributed by atoms with E-state index in [1.54, 1.807) is 27.7 Å². The first-order valence-corrected chi connectivity index (χ1v) is 7.74. The third kappa shape index (κ3) is 4.80. The van der Waals surface area contributed by atoms with E-state index < -0.39 is 17.9 Å². The van der Waals surface area contributed by atoms with E-state index in [4.69, 9.17) is 9.47 Å². The molecular weight excluding hydrogens is 256 g/mol. The molecule has 0 N–H and O–H groups in total. The van der Waals surface area contributed by atoms with Crippen LogP contribution in [0.4, 0.5) is 0 Å². The van der Waals surface area contributed by atoms with Crippen LogP contribution in [0.25, 0.3) is 0 Å². The fourth-order valence-corrected chi connectivity index (χ4v) is 2.89. The van der Waals surface area contributed by atoms with Crippen LogP contribution in [-0.2, 0) is 19.1 Å². The summed E-state index contributed by atoms with van der Waals surface area (Å²) in [5.74, 6) is -1.27. The first-order valence-electron chi connectivity index (χ1n) is 7.74. The number of rotatable bonds is 6. The maximum Gasteiger partial charge on any atom is 0.320 e. The summed E-state index contributed by atoms with van der Waals surface area (Å²) in [4.78, 5) is 24.5. The molecule has 1 rings (SSSR count). The van der Waals surface area contributed by atoms with Crippen molar-refractivity contribution in [2.45, 2.75) is 72.5 Å². The van der Waals surface area contributed by atoms with Crippen molar-refractivity contribution in [1.82, 2.24) is 0 Å². The van der Waals surface area contributed by atoms with Crippen LogP contribution >= 0.6 is 0 Å². The topological polar surface area (TPSA) is 52.6 Å². The van der Waals surface area contributed by atoms with Crippen molar-refractivity contribution < 1.29 is 19.1 Å². The van der Waals surface area contributed by atoms with Gasteiger partial charge in [0.1, 0.15) is 0 Å². The third-order valence-corrected chi connectivity index (χ3v) is 3.88. The van der Waals surface area contributed by atoms with Crippen LogP contribution in [0, 0.1) is 17.8 Å². The molecule has 1 aliphatic rings. The van der Waals surface area contributed by atoms with Gasteiger partial charge in [0.15, 0.2) is 5.92 Å². The van der Waals surface area contributed by atoms with Crippen molar-refractivity contribution in [2.75, 3.05) is 0 Å². The lowest BCUT2D eigenvalue weighted by molar-refractivity contribution is -0.170. The van der Waals surface area contributed by atoms with Gasteiger partial charge in [-0.15, -0.1) is 0 Å². The van der Waals surface area contributed by atoms with Crippen molar-refractivity contribution in [3.05, 3.63) is 0 Å². The summed E-state index contributed by atoms with van der Waals surface area (Å²) in [5.41, 5.74) is 0. The van der Waals surface area contributed by atoms with Gasteiger partial charge in [0, 0.05) is 0 Å². The van der Waals surface area contributed by atoms with Gasteiger partial charge in [-0.05, 0) is 39.5 Å². The van der Waals surface area contributed by atoms with Gasteiger partial charge in [-0.25, -0.2) is 0 Å². The molecule has 0 aliphatic heterocycles.